The third-order valence-corrected chi connectivity index (χ3v) is 3.95. The van der Waals surface area contributed by atoms with Crippen LogP contribution < -0.4 is 10.2 Å². The summed E-state index contributed by atoms with van der Waals surface area (Å²) in [5, 5.41) is 3.50. The summed E-state index contributed by atoms with van der Waals surface area (Å²) in [5.41, 5.74) is 0.931. The van der Waals surface area contributed by atoms with Gasteiger partial charge in [-0.3, -0.25) is 4.79 Å². The fraction of sp³-hybridized carbons (Fsp3) is 0.562. The summed E-state index contributed by atoms with van der Waals surface area (Å²) in [4.78, 5) is 23.6. The molecule has 0 atom stereocenters. The van der Waals surface area contributed by atoms with Gasteiger partial charge in [-0.1, -0.05) is 0 Å². The number of ether oxygens (including phenoxy) is 2. The van der Waals surface area contributed by atoms with Gasteiger partial charge < -0.3 is 24.1 Å². The van der Waals surface area contributed by atoms with Gasteiger partial charge in [0.25, 0.3) is 5.91 Å². The van der Waals surface area contributed by atoms with Crippen molar-refractivity contribution in [1.82, 2.24) is 15.3 Å². The van der Waals surface area contributed by atoms with Crippen LogP contribution >= 0.6 is 0 Å². The van der Waals surface area contributed by atoms with E-state index in [0.717, 1.165) is 18.9 Å². The first-order valence-electron chi connectivity index (χ1n) is 7.99. The summed E-state index contributed by atoms with van der Waals surface area (Å²) < 4.78 is 16.1. The molecule has 2 aromatic rings. The van der Waals surface area contributed by atoms with Crippen molar-refractivity contribution >= 4 is 22.8 Å². The summed E-state index contributed by atoms with van der Waals surface area (Å²) in [6.45, 7) is 7.19. The van der Waals surface area contributed by atoms with Crippen LogP contribution in [0.5, 0.6) is 0 Å². The van der Waals surface area contributed by atoms with Gasteiger partial charge in [0, 0.05) is 26.7 Å². The quantitative estimate of drug-likeness (QED) is 0.818. The van der Waals surface area contributed by atoms with Gasteiger partial charge in [-0.2, -0.15) is 4.98 Å². The molecule has 0 aliphatic carbocycles. The molecule has 8 nitrogen and oxygen atoms in total. The molecule has 1 saturated heterocycles. The molecular formula is C16H22N4O4. The van der Waals surface area contributed by atoms with E-state index in [4.69, 9.17) is 13.9 Å². The van der Waals surface area contributed by atoms with E-state index in [2.05, 4.69) is 20.2 Å². The van der Waals surface area contributed by atoms with Gasteiger partial charge in [0.15, 0.2) is 0 Å². The number of aromatic nitrogens is 2. The van der Waals surface area contributed by atoms with Crippen LogP contribution in [0.25, 0.3) is 11.1 Å². The zero-order valence-electron chi connectivity index (χ0n) is 14.2. The predicted molar refractivity (Wildman–Crippen MR) is 88.5 cm³/mol. The number of methoxy groups -OCH3 is 1. The van der Waals surface area contributed by atoms with Gasteiger partial charge in [0.2, 0.25) is 5.71 Å². The van der Waals surface area contributed by atoms with Gasteiger partial charge >= 0.3 is 0 Å². The largest absolute Gasteiger partial charge is 0.442 e. The maximum absolute atomic E-state index is 12.6. The van der Waals surface area contributed by atoms with Gasteiger partial charge in [-0.25, -0.2) is 4.98 Å². The lowest BCUT2D eigenvalue weighted by atomic mass is 10.1. The smallest absolute Gasteiger partial charge is 0.255 e. The maximum Gasteiger partial charge on any atom is 0.255 e. The summed E-state index contributed by atoms with van der Waals surface area (Å²) in [7, 11) is 1.60. The maximum atomic E-state index is 12.6. The summed E-state index contributed by atoms with van der Waals surface area (Å²) >= 11 is 0. The van der Waals surface area contributed by atoms with Crippen molar-refractivity contribution in [1.29, 1.82) is 0 Å². The molecule has 0 aromatic carbocycles. The predicted octanol–water partition coefficient (Wildman–Crippen LogP) is 1.05. The van der Waals surface area contributed by atoms with Crippen molar-refractivity contribution in [3.63, 3.8) is 0 Å². The Morgan fingerprint density at radius 3 is 2.75 bits per heavy atom. The molecule has 2 aromatic heterocycles. The number of nitrogens with zero attached hydrogens (tertiary/aromatic N) is 3. The Labute approximate surface area is 140 Å². The van der Waals surface area contributed by atoms with Crippen LogP contribution in [0.4, 0.5) is 5.82 Å². The van der Waals surface area contributed by atoms with Crippen LogP contribution in [0.15, 0.2) is 4.42 Å². The number of fused-ring (bicyclic) bond motifs is 1. The standard InChI is InChI=1S/C16H22N4O4/c1-10-12(15(21)17-4-7-22-3)13-14(20-5-8-23-9-6-20)18-11(2)19-16(13)24-10/h4-9H2,1-3H3,(H,17,21). The SMILES string of the molecule is COCCNC(=O)c1c(C)oc2nc(C)nc(N3CCOCC3)c12. The number of aryl methyl sites for hydroxylation is 2. The van der Waals surface area contributed by atoms with Crippen molar-refractivity contribution in [2.75, 3.05) is 51.5 Å². The molecule has 1 aliphatic rings. The molecule has 0 saturated carbocycles. The Balaban J connectivity index is 2.05. The first-order chi connectivity index (χ1) is 11.6. The molecule has 130 valence electrons. The van der Waals surface area contributed by atoms with E-state index in [1.165, 1.54) is 0 Å². The molecule has 1 N–H and O–H groups in total. The number of carbonyl (C=O) groups excluding carboxylic acids is 1. The molecule has 1 aliphatic heterocycles. The number of hydrogen-bond donors (Lipinski definition) is 1. The first kappa shape index (κ1) is 16.7. The monoisotopic (exact) mass is 334 g/mol. The highest BCUT2D eigenvalue weighted by atomic mass is 16.5. The van der Waals surface area contributed by atoms with Crippen LogP contribution in [0, 0.1) is 13.8 Å². The van der Waals surface area contributed by atoms with Gasteiger partial charge in [0.1, 0.15) is 17.4 Å². The third kappa shape index (κ3) is 3.20. The van der Waals surface area contributed by atoms with Crippen LogP contribution in [-0.2, 0) is 9.47 Å². The van der Waals surface area contributed by atoms with Crippen molar-refractivity contribution in [3.05, 3.63) is 17.1 Å². The lowest BCUT2D eigenvalue weighted by molar-refractivity contribution is 0.0937. The van der Waals surface area contributed by atoms with Crippen LogP contribution in [0.2, 0.25) is 0 Å². The van der Waals surface area contributed by atoms with E-state index in [1.807, 2.05) is 6.92 Å². The fourth-order valence-electron chi connectivity index (χ4n) is 2.83. The van der Waals surface area contributed by atoms with Crippen molar-refractivity contribution in [2.24, 2.45) is 0 Å². The number of morpholine rings is 1. The van der Waals surface area contributed by atoms with E-state index in [1.54, 1.807) is 14.0 Å². The summed E-state index contributed by atoms with van der Waals surface area (Å²) in [5.74, 6) is 1.68. The Morgan fingerprint density at radius 1 is 1.29 bits per heavy atom. The molecule has 0 spiro atoms. The van der Waals surface area contributed by atoms with E-state index in [0.29, 0.717) is 54.6 Å². The first-order valence-corrected chi connectivity index (χ1v) is 7.99. The Kier molecular flexibility index (Phi) is 4.96. The fourth-order valence-corrected chi connectivity index (χ4v) is 2.83. The Hall–Kier alpha value is -2.19. The summed E-state index contributed by atoms with van der Waals surface area (Å²) in [6.07, 6.45) is 0. The van der Waals surface area contributed by atoms with E-state index < -0.39 is 0 Å². The van der Waals surface area contributed by atoms with Crippen molar-refractivity contribution in [3.8, 4) is 0 Å². The molecule has 0 bridgehead atoms. The second-order valence-electron chi connectivity index (χ2n) is 5.66. The van der Waals surface area contributed by atoms with Gasteiger partial charge in [0.05, 0.1) is 30.8 Å². The van der Waals surface area contributed by atoms with Crippen molar-refractivity contribution < 1.29 is 18.7 Å². The molecule has 1 fully saturated rings. The molecule has 3 rings (SSSR count). The number of furan rings is 1. The molecule has 24 heavy (non-hydrogen) atoms. The Morgan fingerprint density at radius 2 is 2.04 bits per heavy atom. The van der Waals surface area contributed by atoms with Gasteiger partial charge in [-0.05, 0) is 13.8 Å². The highest BCUT2D eigenvalue weighted by molar-refractivity contribution is 6.10. The minimum atomic E-state index is -0.203. The number of amides is 1. The number of hydrogen-bond acceptors (Lipinski definition) is 7. The Bertz CT molecular complexity index is 737. The van der Waals surface area contributed by atoms with E-state index in [-0.39, 0.29) is 5.91 Å². The topological polar surface area (TPSA) is 89.7 Å². The second kappa shape index (κ2) is 7.14. The molecule has 0 radical (unpaired) electrons. The van der Waals surface area contributed by atoms with E-state index in [9.17, 15) is 4.79 Å². The average molecular weight is 334 g/mol. The van der Waals surface area contributed by atoms with E-state index >= 15 is 0 Å². The second-order valence-corrected chi connectivity index (χ2v) is 5.66. The number of carbonyl (C=O) groups is 1. The number of anilines is 1. The number of rotatable bonds is 5. The highest BCUT2D eigenvalue weighted by Crippen LogP contribution is 2.32. The molecule has 0 unspecified atom stereocenters. The minimum absolute atomic E-state index is 0.203. The molecule has 3 heterocycles. The van der Waals surface area contributed by atoms with Crippen LogP contribution in [0.3, 0.4) is 0 Å². The lowest BCUT2D eigenvalue weighted by Crippen LogP contribution is -2.37. The third-order valence-electron chi connectivity index (χ3n) is 3.95. The molecule has 8 heteroatoms. The van der Waals surface area contributed by atoms with Crippen LogP contribution in [0.1, 0.15) is 21.9 Å². The molecular weight excluding hydrogens is 312 g/mol. The minimum Gasteiger partial charge on any atom is -0.442 e. The zero-order chi connectivity index (χ0) is 17.1. The molecule has 1 amide bonds. The highest BCUT2D eigenvalue weighted by Gasteiger charge is 2.26. The number of nitrogens with one attached hydrogen (secondary N) is 1. The van der Waals surface area contributed by atoms with Crippen molar-refractivity contribution in [2.45, 2.75) is 13.8 Å². The lowest BCUT2D eigenvalue weighted by Gasteiger charge is -2.28. The average Bonchev–Trinajstić information content (AvgIpc) is 2.90. The van der Waals surface area contributed by atoms with Gasteiger partial charge in [-0.15, -0.1) is 0 Å². The normalized spacial score (nSPS) is 15.0. The summed E-state index contributed by atoms with van der Waals surface area (Å²) in [6, 6.07) is 0. The zero-order valence-corrected chi connectivity index (χ0v) is 14.2. The van der Waals surface area contributed by atoms with Crippen LogP contribution in [-0.4, -0.2) is 62.4 Å².